The highest BCUT2D eigenvalue weighted by atomic mass is 35.5. The van der Waals surface area contributed by atoms with E-state index in [1.807, 2.05) is 35.9 Å². The predicted octanol–water partition coefficient (Wildman–Crippen LogP) is 3.58. The summed E-state index contributed by atoms with van der Waals surface area (Å²) in [5, 5.41) is 8.52. The van der Waals surface area contributed by atoms with Gasteiger partial charge in [0.05, 0.1) is 24.5 Å². The number of carbonyl (C=O) groups is 1. The van der Waals surface area contributed by atoms with Crippen LogP contribution in [0.1, 0.15) is 12.5 Å². The minimum atomic E-state index is -0.00135. The van der Waals surface area contributed by atoms with E-state index in [9.17, 15) is 4.79 Å². The fourth-order valence-electron chi connectivity index (χ4n) is 2.29. The number of rotatable bonds is 5. The van der Waals surface area contributed by atoms with Crippen molar-refractivity contribution in [3.8, 4) is 5.69 Å². The number of amides is 1. The highest BCUT2D eigenvalue weighted by Gasteiger charge is 2.20. The second kappa shape index (κ2) is 6.93. The Kier molecular flexibility index (Phi) is 4.73. The number of nitrogens with zero attached hydrogens (tertiary/aromatic N) is 4. The van der Waals surface area contributed by atoms with Crippen molar-refractivity contribution in [3.63, 3.8) is 0 Å². The van der Waals surface area contributed by atoms with Gasteiger partial charge >= 0.3 is 0 Å². The third kappa shape index (κ3) is 3.43. The van der Waals surface area contributed by atoms with E-state index in [0.717, 1.165) is 11.3 Å². The lowest BCUT2D eigenvalue weighted by molar-refractivity contribution is -0.117. The van der Waals surface area contributed by atoms with E-state index in [-0.39, 0.29) is 5.91 Å². The number of pyridine rings is 1. The van der Waals surface area contributed by atoms with Gasteiger partial charge < -0.3 is 4.90 Å². The summed E-state index contributed by atoms with van der Waals surface area (Å²) in [5.41, 5.74) is 2.41. The Morgan fingerprint density at radius 3 is 2.96 bits per heavy atom. The monoisotopic (exact) mass is 346 g/mol. The van der Waals surface area contributed by atoms with E-state index in [0.29, 0.717) is 23.8 Å². The number of halogens is 1. The molecule has 0 spiro atoms. The lowest BCUT2D eigenvalue weighted by Crippen LogP contribution is -2.31. The van der Waals surface area contributed by atoms with Gasteiger partial charge in [0.1, 0.15) is 5.69 Å². The Labute approximate surface area is 143 Å². The maximum atomic E-state index is 12.6. The molecule has 0 N–H and O–H groups in total. The van der Waals surface area contributed by atoms with E-state index in [1.54, 1.807) is 39.5 Å². The molecule has 3 aromatic heterocycles. The first-order valence-electron chi connectivity index (χ1n) is 7.16. The van der Waals surface area contributed by atoms with E-state index in [4.69, 9.17) is 11.6 Å². The summed E-state index contributed by atoms with van der Waals surface area (Å²) in [5.74, 6) is -0.00135. The van der Waals surface area contributed by atoms with Gasteiger partial charge in [-0.15, -0.1) is 0 Å². The van der Waals surface area contributed by atoms with Gasteiger partial charge in [0, 0.05) is 12.7 Å². The summed E-state index contributed by atoms with van der Waals surface area (Å²) in [4.78, 5) is 18.3. The Morgan fingerprint density at radius 2 is 2.30 bits per heavy atom. The van der Waals surface area contributed by atoms with Gasteiger partial charge in [0.15, 0.2) is 5.15 Å². The average Bonchev–Trinajstić information content (AvgIpc) is 3.19. The summed E-state index contributed by atoms with van der Waals surface area (Å²) < 4.78 is 1.63. The number of anilines is 1. The molecule has 3 heterocycles. The zero-order valence-electron chi connectivity index (χ0n) is 12.5. The third-order valence-electron chi connectivity index (χ3n) is 3.41. The quantitative estimate of drug-likeness (QED) is 0.709. The normalized spacial score (nSPS) is 10.7. The SMILES string of the molecule is CCN(C(=O)Cc1ccsc1)c1cn(-c2cccnc2)nc1Cl. The molecule has 3 aromatic rings. The van der Waals surface area contributed by atoms with E-state index >= 15 is 0 Å². The van der Waals surface area contributed by atoms with Crippen LogP contribution in [0.3, 0.4) is 0 Å². The summed E-state index contributed by atoms with van der Waals surface area (Å²) in [6, 6.07) is 5.66. The van der Waals surface area contributed by atoms with Crippen LogP contribution in [0, 0.1) is 0 Å². The molecule has 0 saturated carbocycles. The van der Waals surface area contributed by atoms with Gasteiger partial charge in [0.2, 0.25) is 5.91 Å². The number of carbonyl (C=O) groups excluding carboxylic acids is 1. The number of likely N-dealkylation sites (N-methyl/N-ethyl adjacent to an activating group) is 1. The third-order valence-corrected chi connectivity index (χ3v) is 4.41. The van der Waals surface area contributed by atoms with Gasteiger partial charge in [-0.05, 0) is 41.4 Å². The van der Waals surface area contributed by atoms with E-state index in [1.165, 1.54) is 0 Å². The van der Waals surface area contributed by atoms with Gasteiger partial charge in [-0.2, -0.15) is 16.4 Å². The van der Waals surface area contributed by atoms with Crippen molar-refractivity contribution in [3.05, 3.63) is 58.3 Å². The van der Waals surface area contributed by atoms with Crippen molar-refractivity contribution in [2.45, 2.75) is 13.3 Å². The number of hydrogen-bond acceptors (Lipinski definition) is 4. The molecule has 3 rings (SSSR count). The molecule has 0 aliphatic carbocycles. The van der Waals surface area contributed by atoms with Gasteiger partial charge in [0.25, 0.3) is 0 Å². The van der Waals surface area contributed by atoms with E-state index < -0.39 is 0 Å². The maximum absolute atomic E-state index is 12.6. The Morgan fingerprint density at radius 1 is 1.43 bits per heavy atom. The molecule has 0 aromatic carbocycles. The topological polar surface area (TPSA) is 51.0 Å². The lowest BCUT2D eigenvalue weighted by Gasteiger charge is -2.19. The largest absolute Gasteiger partial charge is 0.308 e. The van der Waals surface area contributed by atoms with Gasteiger partial charge in [-0.1, -0.05) is 11.6 Å². The molecule has 0 fully saturated rings. The molecule has 118 valence electrons. The Bertz CT molecular complexity index is 786. The van der Waals surface area contributed by atoms with Crippen molar-refractivity contribution in [2.24, 2.45) is 0 Å². The van der Waals surface area contributed by atoms with Crippen molar-refractivity contribution in [2.75, 3.05) is 11.4 Å². The maximum Gasteiger partial charge on any atom is 0.231 e. The van der Waals surface area contributed by atoms with Crippen LogP contribution in [0.5, 0.6) is 0 Å². The molecule has 1 amide bonds. The van der Waals surface area contributed by atoms with Crippen LogP contribution in [-0.2, 0) is 11.2 Å². The van der Waals surface area contributed by atoms with Crippen LogP contribution in [0.4, 0.5) is 5.69 Å². The Balaban J connectivity index is 1.86. The minimum Gasteiger partial charge on any atom is -0.308 e. The number of aromatic nitrogens is 3. The first-order valence-corrected chi connectivity index (χ1v) is 8.48. The lowest BCUT2D eigenvalue weighted by atomic mass is 10.2. The molecule has 7 heteroatoms. The molecule has 0 radical (unpaired) electrons. The first-order chi connectivity index (χ1) is 11.2. The van der Waals surface area contributed by atoms with E-state index in [2.05, 4.69) is 10.1 Å². The fraction of sp³-hybridized carbons (Fsp3) is 0.188. The molecular formula is C16H15ClN4OS. The van der Waals surface area contributed by atoms with Crippen molar-refractivity contribution < 1.29 is 4.79 Å². The zero-order valence-corrected chi connectivity index (χ0v) is 14.1. The zero-order chi connectivity index (χ0) is 16.2. The number of hydrogen-bond donors (Lipinski definition) is 0. The van der Waals surface area contributed by atoms with Crippen LogP contribution in [0.2, 0.25) is 5.15 Å². The Hall–Kier alpha value is -2.18. The second-order valence-electron chi connectivity index (χ2n) is 4.91. The van der Waals surface area contributed by atoms with Crippen LogP contribution >= 0.6 is 22.9 Å². The molecule has 0 atom stereocenters. The molecule has 0 bridgehead atoms. The molecule has 0 unspecified atom stereocenters. The smallest absolute Gasteiger partial charge is 0.231 e. The molecule has 5 nitrogen and oxygen atoms in total. The van der Waals surface area contributed by atoms with Crippen LogP contribution in [0.15, 0.2) is 47.5 Å². The standard InChI is InChI=1S/C16H15ClN4OS/c1-2-20(15(22)8-12-5-7-23-11-12)14-10-21(19-16(14)17)13-4-3-6-18-9-13/h3-7,9-11H,2,8H2,1H3. The highest BCUT2D eigenvalue weighted by molar-refractivity contribution is 7.08. The van der Waals surface area contributed by atoms with Crippen LogP contribution in [-0.4, -0.2) is 27.2 Å². The average molecular weight is 347 g/mol. The van der Waals surface area contributed by atoms with Crippen molar-refractivity contribution >= 4 is 34.5 Å². The minimum absolute atomic E-state index is 0.00135. The van der Waals surface area contributed by atoms with Crippen LogP contribution in [0.25, 0.3) is 5.69 Å². The molecule has 23 heavy (non-hydrogen) atoms. The molecular weight excluding hydrogens is 332 g/mol. The summed E-state index contributed by atoms with van der Waals surface area (Å²) in [6.07, 6.45) is 5.49. The van der Waals surface area contributed by atoms with Gasteiger partial charge in [-0.3, -0.25) is 9.78 Å². The molecule has 0 aliphatic rings. The van der Waals surface area contributed by atoms with Crippen molar-refractivity contribution in [1.29, 1.82) is 0 Å². The van der Waals surface area contributed by atoms with Crippen LogP contribution < -0.4 is 4.90 Å². The number of thiophene rings is 1. The summed E-state index contributed by atoms with van der Waals surface area (Å²) in [7, 11) is 0. The molecule has 0 saturated heterocycles. The second-order valence-corrected chi connectivity index (χ2v) is 6.05. The first kappa shape index (κ1) is 15.7. The molecule has 0 aliphatic heterocycles. The highest BCUT2D eigenvalue weighted by Crippen LogP contribution is 2.26. The summed E-state index contributed by atoms with van der Waals surface area (Å²) >= 11 is 7.83. The van der Waals surface area contributed by atoms with Gasteiger partial charge in [-0.25, -0.2) is 4.68 Å². The predicted molar refractivity (Wildman–Crippen MR) is 92.4 cm³/mol. The summed E-state index contributed by atoms with van der Waals surface area (Å²) in [6.45, 7) is 2.45. The van der Waals surface area contributed by atoms with Crippen molar-refractivity contribution in [1.82, 2.24) is 14.8 Å². The fourth-order valence-corrected chi connectivity index (χ4v) is 3.19.